The quantitative estimate of drug-likeness (QED) is 0.308. The van der Waals surface area contributed by atoms with Crippen molar-refractivity contribution in [2.45, 2.75) is 17.9 Å². The number of carbonyl (C=O) groups excluding carboxylic acids is 2. The second-order valence-corrected chi connectivity index (χ2v) is 6.60. The fourth-order valence-corrected chi connectivity index (χ4v) is 3.29. The maximum Gasteiger partial charge on any atom is 0.327 e. The molecule has 140 valence electrons. The molecule has 2 aromatic carbocycles. The molecule has 0 saturated carbocycles. The maximum atomic E-state index is 12.5. The third kappa shape index (κ3) is 5.38. The van der Waals surface area contributed by atoms with E-state index in [-0.39, 0.29) is 27.7 Å². The molecule has 8 nitrogen and oxygen atoms in total. The molecule has 0 aliphatic heterocycles. The van der Waals surface area contributed by atoms with Crippen LogP contribution in [0.5, 0.6) is 0 Å². The minimum atomic E-state index is -1.24. The van der Waals surface area contributed by atoms with Gasteiger partial charge in [-0.05, 0) is 12.1 Å². The van der Waals surface area contributed by atoms with Crippen LogP contribution in [0.25, 0.3) is 0 Å². The van der Waals surface area contributed by atoms with Crippen molar-refractivity contribution in [3.8, 4) is 0 Å². The van der Waals surface area contributed by atoms with E-state index in [1.54, 1.807) is 30.3 Å². The Balaban J connectivity index is 2.25. The van der Waals surface area contributed by atoms with E-state index in [2.05, 4.69) is 5.32 Å². The highest BCUT2D eigenvalue weighted by Crippen LogP contribution is 2.31. The summed E-state index contributed by atoms with van der Waals surface area (Å²) in [5.74, 6) is -2.20. The highest BCUT2D eigenvalue weighted by Gasteiger charge is 2.23. The second kappa shape index (κ2) is 8.95. The number of benzene rings is 2. The Kier molecular flexibility index (Phi) is 6.67. The van der Waals surface area contributed by atoms with Crippen molar-refractivity contribution in [1.82, 2.24) is 5.32 Å². The number of carboxylic acid groups (broad SMARTS) is 1. The van der Waals surface area contributed by atoms with Crippen LogP contribution in [0.1, 0.15) is 22.8 Å². The van der Waals surface area contributed by atoms with Crippen LogP contribution in [0.4, 0.5) is 5.69 Å². The Morgan fingerprint density at radius 1 is 1.15 bits per heavy atom. The number of nitro groups is 1. The van der Waals surface area contributed by atoms with Crippen LogP contribution >= 0.6 is 11.8 Å². The largest absolute Gasteiger partial charge is 0.480 e. The van der Waals surface area contributed by atoms with Crippen LogP contribution in [0.3, 0.4) is 0 Å². The Labute approximate surface area is 158 Å². The molecule has 0 bridgehead atoms. The summed E-state index contributed by atoms with van der Waals surface area (Å²) >= 11 is 0.922. The fourth-order valence-electron chi connectivity index (χ4n) is 2.27. The van der Waals surface area contributed by atoms with Gasteiger partial charge in [0.05, 0.1) is 9.82 Å². The lowest BCUT2D eigenvalue weighted by Crippen LogP contribution is -2.41. The van der Waals surface area contributed by atoms with E-state index in [4.69, 9.17) is 5.11 Å². The van der Waals surface area contributed by atoms with Gasteiger partial charge in [-0.2, -0.15) is 0 Å². The average Bonchev–Trinajstić information content (AvgIpc) is 2.64. The number of hydrogen-bond acceptors (Lipinski definition) is 6. The summed E-state index contributed by atoms with van der Waals surface area (Å²) in [7, 11) is 0. The number of rotatable bonds is 8. The average molecular weight is 388 g/mol. The van der Waals surface area contributed by atoms with Crippen LogP contribution in [-0.4, -0.2) is 39.5 Å². The zero-order valence-electron chi connectivity index (χ0n) is 14.2. The van der Waals surface area contributed by atoms with E-state index in [1.165, 1.54) is 25.1 Å². The normalized spacial score (nSPS) is 11.4. The van der Waals surface area contributed by atoms with Gasteiger partial charge in [-0.3, -0.25) is 19.7 Å². The molecule has 0 aliphatic rings. The van der Waals surface area contributed by atoms with Gasteiger partial charge in [-0.1, -0.05) is 30.3 Å². The number of nitrogens with one attached hydrogen (secondary N) is 1. The molecule has 9 heteroatoms. The van der Waals surface area contributed by atoms with Gasteiger partial charge < -0.3 is 10.4 Å². The van der Waals surface area contributed by atoms with Crippen molar-refractivity contribution in [3.63, 3.8) is 0 Å². The van der Waals surface area contributed by atoms with E-state index in [0.717, 1.165) is 11.8 Å². The van der Waals surface area contributed by atoms with Crippen molar-refractivity contribution in [3.05, 3.63) is 69.8 Å². The van der Waals surface area contributed by atoms with Gasteiger partial charge in [0.1, 0.15) is 6.04 Å². The van der Waals surface area contributed by atoms with Gasteiger partial charge in [0.15, 0.2) is 5.78 Å². The topological polar surface area (TPSA) is 127 Å². The first-order valence-corrected chi connectivity index (χ1v) is 8.79. The summed E-state index contributed by atoms with van der Waals surface area (Å²) in [6.45, 7) is 1.19. The molecule has 1 atom stereocenters. The fraction of sp³-hybridized carbons (Fsp3) is 0.167. The first kappa shape index (κ1) is 20.1. The van der Waals surface area contributed by atoms with Gasteiger partial charge in [-0.25, -0.2) is 4.79 Å². The summed E-state index contributed by atoms with van der Waals surface area (Å²) in [6, 6.07) is 11.2. The molecule has 1 amide bonds. The summed E-state index contributed by atoms with van der Waals surface area (Å²) < 4.78 is 0. The Bertz CT molecular complexity index is 885. The lowest BCUT2D eigenvalue weighted by molar-refractivity contribution is -0.387. The number of nitro benzene ring substituents is 1. The first-order chi connectivity index (χ1) is 12.8. The lowest BCUT2D eigenvalue weighted by Gasteiger charge is -2.13. The number of nitrogens with zero attached hydrogens (tertiary/aromatic N) is 1. The van der Waals surface area contributed by atoms with E-state index in [0.29, 0.717) is 5.56 Å². The molecule has 2 N–H and O–H groups in total. The molecule has 27 heavy (non-hydrogen) atoms. The molecule has 0 fully saturated rings. The van der Waals surface area contributed by atoms with E-state index in [9.17, 15) is 24.5 Å². The number of aliphatic carboxylic acids is 1. The number of hydrogen-bond donors (Lipinski definition) is 2. The smallest absolute Gasteiger partial charge is 0.327 e. The van der Waals surface area contributed by atoms with Crippen LogP contribution in [0.15, 0.2) is 53.4 Å². The number of amides is 1. The van der Waals surface area contributed by atoms with E-state index < -0.39 is 22.8 Å². The van der Waals surface area contributed by atoms with E-state index in [1.807, 2.05) is 0 Å². The molecule has 0 saturated heterocycles. The standard InChI is InChI=1S/C18H16N2O6S/c1-11(21)19-14(18(23)24)10-27-16-8-7-13(9-15(16)20(25)26)17(22)12-5-3-2-4-6-12/h2-9,14H,10H2,1H3,(H,19,21)(H,23,24)/t14-/m1/s1. The summed E-state index contributed by atoms with van der Waals surface area (Å²) in [4.78, 5) is 45.7. The van der Waals surface area contributed by atoms with Crippen LogP contribution < -0.4 is 5.32 Å². The molecule has 2 aromatic rings. The summed E-state index contributed by atoms with van der Waals surface area (Å²) in [5.41, 5.74) is 0.270. The molecule has 2 rings (SSSR count). The molecular weight excluding hydrogens is 372 g/mol. The van der Waals surface area contributed by atoms with Crippen molar-refractivity contribution in [2.75, 3.05) is 5.75 Å². The third-order valence-electron chi connectivity index (χ3n) is 3.53. The van der Waals surface area contributed by atoms with Crippen LogP contribution in [-0.2, 0) is 9.59 Å². The van der Waals surface area contributed by atoms with Crippen LogP contribution in [0, 0.1) is 10.1 Å². The van der Waals surface area contributed by atoms with Crippen molar-refractivity contribution in [1.29, 1.82) is 0 Å². The molecular formula is C18H16N2O6S. The van der Waals surface area contributed by atoms with E-state index >= 15 is 0 Å². The predicted molar refractivity (Wildman–Crippen MR) is 98.9 cm³/mol. The van der Waals surface area contributed by atoms with Gasteiger partial charge in [-0.15, -0.1) is 11.8 Å². The highest BCUT2D eigenvalue weighted by molar-refractivity contribution is 7.99. The Morgan fingerprint density at radius 3 is 2.37 bits per heavy atom. The Hall–Kier alpha value is -3.20. The molecule has 0 radical (unpaired) electrons. The van der Waals surface area contributed by atoms with Gasteiger partial charge in [0.25, 0.3) is 5.69 Å². The Morgan fingerprint density at radius 2 is 1.81 bits per heavy atom. The number of carbonyl (C=O) groups is 3. The lowest BCUT2D eigenvalue weighted by atomic mass is 10.0. The minimum absolute atomic E-state index is 0.0955. The monoisotopic (exact) mass is 388 g/mol. The van der Waals surface area contributed by atoms with Crippen molar-refractivity contribution >= 4 is 35.1 Å². The number of carboxylic acids is 1. The maximum absolute atomic E-state index is 12.5. The second-order valence-electron chi connectivity index (χ2n) is 5.54. The predicted octanol–water partition coefficient (Wildman–Crippen LogP) is 2.51. The zero-order valence-corrected chi connectivity index (χ0v) is 15.1. The zero-order chi connectivity index (χ0) is 20.0. The van der Waals surface area contributed by atoms with Gasteiger partial charge in [0.2, 0.25) is 5.91 Å². The molecule has 0 aliphatic carbocycles. The summed E-state index contributed by atoms with van der Waals surface area (Å²) in [6.07, 6.45) is 0. The number of thioether (sulfide) groups is 1. The molecule has 0 heterocycles. The summed E-state index contributed by atoms with van der Waals surface area (Å²) in [5, 5.41) is 22.8. The van der Waals surface area contributed by atoms with Crippen molar-refractivity contribution in [2.24, 2.45) is 0 Å². The molecule has 0 aromatic heterocycles. The minimum Gasteiger partial charge on any atom is -0.480 e. The van der Waals surface area contributed by atoms with Crippen LogP contribution in [0.2, 0.25) is 0 Å². The SMILES string of the molecule is CC(=O)N[C@H](CSc1ccc(C(=O)c2ccccc2)cc1[N+](=O)[O-])C(=O)O. The van der Waals surface area contributed by atoms with Crippen molar-refractivity contribution < 1.29 is 24.4 Å². The number of ketones is 1. The van der Waals surface area contributed by atoms with Gasteiger partial charge >= 0.3 is 5.97 Å². The van der Waals surface area contributed by atoms with Gasteiger partial charge in [0, 0.05) is 29.9 Å². The molecule has 0 spiro atoms. The molecule has 0 unspecified atom stereocenters. The first-order valence-electron chi connectivity index (χ1n) is 7.80. The highest BCUT2D eigenvalue weighted by atomic mass is 32.2. The third-order valence-corrected chi connectivity index (χ3v) is 4.69.